The zero-order chi connectivity index (χ0) is 15.8. The van der Waals surface area contributed by atoms with Crippen LogP contribution in [0, 0.1) is 17.5 Å². The molecule has 2 aromatic rings. The normalized spacial score (nSPS) is 14.0. The molecule has 1 nitrogen and oxygen atoms in total. The molecule has 1 atom stereocenters. The molecule has 1 N–H and O–H groups in total. The number of halogens is 5. The van der Waals surface area contributed by atoms with E-state index in [1.807, 2.05) is 0 Å². The zero-order valence-electron chi connectivity index (χ0n) is 10.9. The van der Waals surface area contributed by atoms with E-state index in [9.17, 15) is 18.3 Å². The minimum absolute atomic E-state index is 0.0357. The Balaban J connectivity index is 2.42. The number of benzene rings is 2. The molecule has 0 aliphatic carbocycles. The Labute approximate surface area is 129 Å². The van der Waals surface area contributed by atoms with Crippen molar-refractivity contribution in [3.8, 4) is 0 Å². The smallest absolute Gasteiger partial charge is 0.142 e. The topological polar surface area (TPSA) is 20.2 Å². The van der Waals surface area contributed by atoms with Gasteiger partial charge in [0.1, 0.15) is 17.5 Å². The highest BCUT2D eigenvalue weighted by atomic mass is 35.5. The van der Waals surface area contributed by atoms with E-state index in [-0.39, 0.29) is 27.6 Å². The first-order valence-corrected chi connectivity index (χ1v) is 6.77. The molecule has 6 heteroatoms. The second-order valence-electron chi connectivity index (χ2n) is 4.93. The van der Waals surface area contributed by atoms with Gasteiger partial charge in [0.15, 0.2) is 0 Å². The lowest BCUT2D eigenvalue weighted by atomic mass is 9.88. The van der Waals surface area contributed by atoms with Gasteiger partial charge in [-0.2, -0.15) is 0 Å². The minimum atomic E-state index is -1.68. The van der Waals surface area contributed by atoms with Gasteiger partial charge >= 0.3 is 0 Å². The van der Waals surface area contributed by atoms with Gasteiger partial charge in [0.2, 0.25) is 0 Å². The van der Waals surface area contributed by atoms with Crippen molar-refractivity contribution < 1.29 is 18.3 Å². The molecule has 0 aliphatic heterocycles. The Morgan fingerprint density at radius 1 is 1.00 bits per heavy atom. The molecule has 0 radical (unpaired) electrons. The van der Waals surface area contributed by atoms with E-state index < -0.39 is 23.1 Å². The van der Waals surface area contributed by atoms with Crippen molar-refractivity contribution in [2.75, 3.05) is 0 Å². The summed E-state index contributed by atoms with van der Waals surface area (Å²) >= 11 is 11.5. The van der Waals surface area contributed by atoms with E-state index >= 15 is 0 Å². The maximum absolute atomic E-state index is 13.7. The Hall–Kier alpha value is -1.23. The van der Waals surface area contributed by atoms with Crippen LogP contribution in [-0.2, 0) is 12.0 Å². The van der Waals surface area contributed by atoms with Crippen LogP contribution in [0.4, 0.5) is 13.2 Å². The van der Waals surface area contributed by atoms with Crippen LogP contribution in [0.1, 0.15) is 18.1 Å². The summed E-state index contributed by atoms with van der Waals surface area (Å²) in [5, 5.41) is 10.3. The molecule has 21 heavy (non-hydrogen) atoms. The molecule has 0 aromatic heterocycles. The molecule has 1 unspecified atom stereocenters. The van der Waals surface area contributed by atoms with Crippen LogP contribution in [0.2, 0.25) is 10.0 Å². The third-order valence-electron chi connectivity index (χ3n) is 3.13. The van der Waals surface area contributed by atoms with Crippen molar-refractivity contribution in [1.29, 1.82) is 0 Å². The van der Waals surface area contributed by atoms with Crippen molar-refractivity contribution >= 4 is 23.2 Å². The third-order valence-corrected chi connectivity index (χ3v) is 3.73. The van der Waals surface area contributed by atoms with Crippen LogP contribution >= 0.6 is 23.2 Å². The lowest BCUT2D eigenvalue weighted by Crippen LogP contribution is -2.25. The second-order valence-corrected chi connectivity index (χ2v) is 5.75. The summed E-state index contributed by atoms with van der Waals surface area (Å²) in [7, 11) is 0. The van der Waals surface area contributed by atoms with E-state index in [1.165, 1.54) is 6.92 Å². The maximum Gasteiger partial charge on any atom is 0.142 e. The lowest BCUT2D eigenvalue weighted by molar-refractivity contribution is 0.0564. The van der Waals surface area contributed by atoms with Crippen molar-refractivity contribution in [1.82, 2.24) is 0 Å². The molecule has 0 aliphatic rings. The summed E-state index contributed by atoms with van der Waals surface area (Å²) in [4.78, 5) is 0. The summed E-state index contributed by atoms with van der Waals surface area (Å²) in [5.41, 5.74) is -1.67. The predicted molar refractivity (Wildman–Crippen MR) is 76.1 cm³/mol. The highest BCUT2D eigenvalue weighted by Gasteiger charge is 2.29. The van der Waals surface area contributed by atoms with Crippen molar-refractivity contribution in [3.63, 3.8) is 0 Å². The first-order valence-electron chi connectivity index (χ1n) is 6.02. The van der Waals surface area contributed by atoms with Gasteiger partial charge in [0.05, 0.1) is 10.6 Å². The Morgan fingerprint density at radius 2 is 1.67 bits per heavy atom. The molecule has 0 heterocycles. The monoisotopic (exact) mass is 334 g/mol. The van der Waals surface area contributed by atoms with Crippen LogP contribution in [0.5, 0.6) is 0 Å². The van der Waals surface area contributed by atoms with Crippen molar-refractivity contribution in [3.05, 3.63) is 69.0 Å². The summed E-state index contributed by atoms with van der Waals surface area (Å²) in [6.45, 7) is 1.34. The largest absolute Gasteiger partial charge is 0.385 e. The second kappa shape index (κ2) is 5.87. The van der Waals surface area contributed by atoms with Gasteiger partial charge in [0, 0.05) is 17.0 Å². The van der Waals surface area contributed by atoms with Crippen LogP contribution in [0.25, 0.3) is 0 Å². The average Bonchev–Trinajstić information content (AvgIpc) is 2.37. The standard InChI is InChI=1S/C15H11Cl2F3O/c1-15(21,7-8-4-9(18)2-3-13(8)19)10-5-14(20)12(17)6-11(10)16/h2-6,21H,7H2,1H3. The van der Waals surface area contributed by atoms with E-state index in [0.717, 1.165) is 30.3 Å². The minimum Gasteiger partial charge on any atom is -0.385 e. The van der Waals surface area contributed by atoms with Gasteiger partial charge in [-0.15, -0.1) is 0 Å². The first kappa shape index (κ1) is 16.1. The molecular weight excluding hydrogens is 324 g/mol. The predicted octanol–water partition coefficient (Wildman–Crippen LogP) is 4.86. The number of rotatable bonds is 3. The molecule has 0 saturated heterocycles. The lowest BCUT2D eigenvalue weighted by Gasteiger charge is -2.25. The first-order chi connectivity index (χ1) is 9.70. The molecular formula is C15H11Cl2F3O. The van der Waals surface area contributed by atoms with E-state index in [1.54, 1.807) is 0 Å². The van der Waals surface area contributed by atoms with Gasteiger partial charge in [-0.25, -0.2) is 13.2 Å². The number of hydrogen-bond donors (Lipinski definition) is 1. The van der Waals surface area contributed by atoms with Gasteiger partial charge in [-0.3, -0.25) is 0 Å². The summed E-state index contributed by atoms with van der Waals surface area (Å²) < 4.78 is 40.4. The van der Waals surface area contributed by atoms with Crippen molar-refractivity contribution in [2.45, 2.75) is 18.9 Å². The van der Waals surface area contributed by atoms with Gasteiger partial charge in [-0.1, -0.05) is 23.2 Å². The van der Waals surface area contributed by atoms with E-state index in [2.05, 4.69) is 0 Å². The summed E-state index contributed by atoms with van der Waals surface area (Å²) in [5.74, 6) is -2.05. The van der Waals surface area contributed by atoms with Crippen LogP contribution in [0.3, 0.4) is 0 Å². The van der Waals surface area contributed by atoms with Gasteiger partial charge < -0.3 is 5.11 Å². The number of aliphatic hydroxyl groups is 1. The van der Waals surface area contributed by atoms with E-state index in [0.29, 0.717) is 0 Å². The fourth-order valence-electron chi connectivity index (χ4n) is 2.08. The quantitative estimate of drug-likeness (QED) is 0.794. The highest BCUT2D eigenvalue weighted by molar-refractivity contribution is 6.35. The average molecular weight is 335 g/mol. The van der Waals surface area contributed by atoms with Crippen LogP contribution < -0.4 is 0 Å². The summed E-state index contributed by atoms with van der Waals surface area (Å²) in [6.07, 6.45) is -0.266. The highest BCUT2D eigenvalue weighted by Crippen LogP contribution is 2.34. The molecule has 2 aromatic carbocycles. The Morgan fingerprint density at radius 3 is 2.33 bits per heavy atom. The fourth-order valence-corrected chi connectivity index (χ4v) is 2.67. The fraction of sp³-hybridized carbons (Fsp3) is 0.200. The van der Waals surface area contributed by atoms with Crippen LogP contribution in [0.15, 0.2) is 30.3 Å². The molecule has 0 spiro atoms. The third kappa shape index (κ3) is 3.51. The molecule has 0 saturated carbocycles. The molecule has 0 fully saturated rings. The van der Waals surface area contributed by atoms with Crippen molar-refractivity contribution in [2.24, 2.45) is 0 Å². The molecule has 112 valence electrons. The van der Waals surface area contributed by atoms with Crippen LogP contribution in [-0.4, -0.2) is 5.11 Å². The SMILES string of the molecule is CC(O)(Cc1cc(F)ccc1F)c1cc(F)c(Cl)cc1Cl. The Kier molecular flexibility index (Phi) is 4.51. The van der Waals surface area contributed by atoms with E-state index in [4.69, 9.17) is 23.2 Å². The maximum atomic E-state index is 13.7. The Bertz CT molecular complexity index is 687. The molecule has 0 bridgehead atoms. The molecule has 0 amide bonds. The summed E-state index contributed by atoms with van der Waals surface area (Å²) in [6, 6.07) is 5.06. The van der Waals surface area contributed by atoms with Gasteiger partial charge in [0.25, 0.3) is 0 Å². The molecule has 2 rings (SSSR count). The number of hydrogen-bond acceptors (Lipinski definition) is 1. The zero-order valence-corrected chi connectivity index (χ0v) is 12.4. The van der Waals surface area contributed by atoms with Gasteiger partial charge in [-0.05, 0) is 42.8 Å².